The van der Waals surface area contributed by atoms with Gasteiger partial charge in [-0.1, -0.05) is 49.4 Å². The van der Waals surface area contributed by atoms with Gasteiger partial charge in [-0.25, -0.2) is 0 Å². The van der Waals surface area contributed by atoms with Crippen LogP contribution in [0.25, 0.3) is 0 Å². The average Bonchev–Trinajstić information content (AvgIpc) is 2.70. The first-order chi connectivity index (χ1) is 16.6. The first-order valence-electron chi connectivity index (χ1n) is 11.3. The maximum absolute atomic E-state index is 13.3. The van der Waals surface area contributed by atoms with Crippen molar-refractivity contribution in [1.82, 2.24) is 0 Å². The Hall–Kier alpha value is -2.16. The lowest BCUT2D eigenvalue weighted by atomic mass is 10.1. The fourth-order valence-corrected chi connectivity index (χ4v) is 8.90. The highest BCUT2D eigenvalue weighted by Crippen LogP contribution is 2.39. The molecule has 0 atom stereocenters. The Morgan fingerprint density at radius 2 is 0.972 bits per heavy atom. The molecule has 0 unspecified atom stereocenters. The molecular weight excluding hydrogens is 512 g/mol. The molecule has 0 aromatic heterocycles. The zero-order valence-electron chi connectivity index (χ0n) is 21.0. The molecule has 0 aliphatic rings. The van der Waals surface area contributed by atoms with Gasteiger partial charge < -0.3 is 0 Å². The molecule has 0 aliphatic carbocycles. The zero-order chi connectivity index (χ0) is 27.0. The number of hydrogen-bond acceptors (Lipinski definition) is 0. The summed E-state index contributed by atoms with van der Waals surface area (Å²) < 4.78 is 79.8. The lowest BCUT2D eigenvalue weighted by Gasteiger charge is -2.26. The van der Waals surface area contributed by atoms with Gasteiger partial charge in [0.1, 0.15) is 0 Å². The Balaban J connectivity index is 2.11. The lowest BCUT2D eigenvalue weighted by molar-refractivity contribution is -0.142. The van der Waals surface area contributed by atoms with E-state index in [1.54, 1.807) is 5.80 Å². The van der Waals surface area contributed by atoms with Crippen molar-refractivity contribution in [2.75, 3.05) is 6.16 Å². The van der Waals surface area contributed by atoms with Crippen molar-refractivity contribution in [2.45, 2.75) is 53.9 Å². The zero-order valence-corrected chi connectivity index (χ0v) is 22.8. The highest BCUT2D eigenvalue weighted by atomic mass is 31.1. The first-order valence-corrected chi connectivity index (χ1v) is 13.8. The van der Waals surface area contributed by atoms with E-state index in [1.165, 1.54) is 10.6 Å². The van der Waals surface area contributed by atoms with Crippen molar-refractivity contribution in [3.8, 4) is 0 Å². The first kappa shape index (κ1) is 28.4. The van der Waals surface area contributed by atoms with Crippen LogP contribution in [0.15, 0.2) is 42.5 Å². The quantitative estimate of drug-likeness (QED) is 0.227. The monoisotopic (exact) mass is 540 g/mol. The second kappa shape index (κ2) is 10.7. The molecule has 3 aromatic rings. The predicted octanol–water partition coefficient (Wildman–Crippen LogP) is 8.08. The molecule has 3 rings (SSSR count). The van der Waals surface area contributed by atoms with Gasteiger partial charge in [-0.05, 0) is 107 Å². The fourth-order valence-electron chi connectivity index (χ4n) is 4.73. The van der Waals surface area contributed by atoms with Crippen LogP contribution in [0.2, 0.25) is 0 Å². The van der Waals surface area contributed by atoms with E-state index in [0.717, 1.165) is 45.5 Å². The van der Waals surface area contributed by atoms with Gasteiger partial charge in [0.05, 0.1) is 11.1 Å². The maximum Gasteiger partial charge on any atom is 0.416 e. The number of hydrogen-bond donors (Lipinski definition) is 0. The van der Waals surface area contributed by atoms with Crippen molar-refractivity contribution in [2.24, 2.45) is 0 Å². The van der Waals surface area contributed by atoms with E-state index in [-0.39, 0.29) is 11.4 Å². The number of aryl methyl sites for hydroxylation is 6. The van der Waals surface area contributed by atoms with Crippen LogP contribution in [-0.4, -0.2) is 12.0 Å². The second-order valence-corrected chi connectivity index (χ2v) is 12.4. The van der Waals surface area contributed by atoms with Crippen LogP contribution in [0.5, 0.6) is 0 Å². The minimum Gasteiger partial charge on any atom is -0.166 e. The molecule has 0 amide bonds. The standard InChI is InChI=1S/C28H28F6P2/c1-16-9-18(3)25(19(4)10-16)36(26-20(5)11-17(2)12-21(26)6)8-7-35-24-14-22(27(29,30)31)13-23(15-24)28(32,33)34/h7,9-15H,8H2,1-6H3. The molecule has 0 nitrogen and oxygen atoms in total. The van der Waals surface area contributed by atoms with Crippen LogP contribution in [0, 0.1) is 41.5 Å². The van der Waals surface area contributed by atoms with Gasteiger partial charge in [0.25, 0.3) is 0 Å². The van der Waals surface area contributed by atoms with Gasteiger partial charge in [0.2, 0.25) is 0 Å². The summed E-state index contributed by atoms with van der Waals surface area (Å²) in [7, 11) is -0.607. The van der Waals surface area contributed by atoms with E-state index in [2.05, 4.69) is 52.0 Å². The summed E-state index contributed by atoms with van der Waals surface area (Å²) in [5.74, 6) is 1.80. The third-order valence-corrected chi connectivity index (χ3v) is 10.1. The summed E-state index contributed by atoms with van der Waals surface area (Å²) in [5.41, 5.74) is 4.28. The number of benzene rings is 3. The summed E-state index contributed by atoms with van der Waals surface area (Å²) in [5, 5.41) is 2.39. The van der Waals surface area contributed by atoms with Crippen molar-refractivity contribution < 1.29 is 26.3 Å². The summed E-state index contributed by atoms with van der Waals surface area (Å²) in [6.45, 7) is 12.3. The third-order valence-electron chi connectivity index (χ3n) is 5.89. The van der Waals surface area contributed by atoms with Crippen molar-refractivity contribution in [3.05, 3.63) is 87.0 Å². The number of rotatable bonds is 5. The Bertz CT molecular complexity index is 1170. The van der Waals surface area contributed by atoms with E-state index in [9.17, 15) is 26.3 Å². The third kappa shape index (κ3) is 6.58. The molecule has 0 bridgehead atoms. The summed E-state index contributed by atoms with van der Waals surface area (Å²) in [4.78, 5) is 0. The molecule has 0 N–H and O–H groups in total. The molecular formula is C28H28F6P2. The fraction of sp³-hybridized carbons (Fsp3) is 0.321. The molecule has 0 fully saturated rings. The van der Waals surface area contributed by atoms with Gasteiger partial charge in [-0.15, -0.1) is 0 Å². The van der Waals surface area contributed by atoms with E-state index in [0.29, 0.717) is 14.4 Å². The topological polar surface area (TPSA) is 0 Å². The van der Waals surface area contributed by atoms with Crippen LogP contribution in [0.3, 0.4) is 0 Å². The summed E-state index contributed by atoms with van der Waals surface area (Å²) >= 11 is 0. The van der Waals surface area contributed by atoms with E-state index < -0.39 is 31.4 Å². The Morgan fingerprint density at radius 3 is 1.31 bits per heavy atom. The van der Waals surface area contributed by atoms with E-state index >= 15 is 0 Å². The van der Waals surface area contributed by atoms with Crippen LogP contribution in [0.4, 0.5) is 26.3 Å². The highest BCUT2D eigenvalue weighted by Gasteiger charge is 2.36. The molecule has 0 heterocycles. The van der Waals surface area contributed by atoms with Gasteiger partial charge in [-0.2, -0.15) is 26.3 Å². The predicted molar refractivity (Wildman–Crippen MR) is 141 cm³/mol. The van der Waals surface area contributed by atoms with E-state index in [4.69, 9.17) is 0 Å². The minimum absolute atomic E-state index is 0.0261. The molecule has 0 radical (unpaired) electrons. The van der Waals surface area contributed by atoms with Crippen LogP contribution in [-0.2, 0) is 12.4 Å². The normalized spacial score (nSPS) is 12.7. The van der Waals surface area contributed by atoms with Gasteiger partial charge in [-0.3, -0.25) is 0 Å². The molecule has 0 saturated heterocycles. The maximum atomic E-state index is 13.3. The number of alkyl halides is 6. The number of halogens is 6. The Labute approximate surface area is 211 Å². The van der Waals surface area contributed by atoms with Crippen LogP contribution in [0.1, 0.15) is 44.5 Å². The lowest BCUT2D eigenvalue weighted by Crippen LogP contribution is -2.23. The molecule has 8 heteroatoms. The largest absolute Gasteiger partial charge is 0.416 e. The summed E-state index contributed by atoms with van der Waals surface area (Å²) in [6.07, 6.45) is -9.18. The summed E-state index contributed by atoms with van der Waals surface area (Å²) in [6, 6.07) is 10.3. The van der Waals surface area contributed by atoms with Gasteiger partial charge in [0.15, 0.2) is 0 Å². The SMILES string of the molecule is Cc1cc(C)c(P(CC=Pc2cc(C(F)(F)F)cc(C(F)(F)F)c2)c2c(C)cc(C)cc2C)c(C)c1. The van der Waals surface area contributed by atoms with Crippen molar-refractivity contribution in [3.63, 3.8) is 0 Å². The smallest absolute Gasteiger partial charge is 0.166 e. The molecule has 0 spiro atoms. The highest BCUT2D eigenvalue weighted by molar-refractivity contribution is 7.74. The minimum atomic E-state index is -4.86. The molecule has 0 saturated carbocycles. The second-order valence-electron chi connectivity index (χ2n) is 9.18. The molecule has 3 aromatic carbocycles. The van der Waals surface area contributed by atoms with Crippen molar-refractivity contribution >= 4 is 37.8 Å². The van der Waals surface area contributed by atoms with Crippen LogP contribution >= 0.6 is 16.1 Å². The average molecular weight is 540 g/mol. The Morgan fingerprint density at radius 1 is 0.611 bits per heavy atom. The molecule has 36 heavy (non-hydrogen) atoms. The van der Waals surface area contributed by atoms with Crippen molar-refractivity contribution in [1.29, 1.82) is 0 Å². The molecule has 192 valence electrons. The molecule has 0 aliphatic heterocycles. The van der Waals surface area contributed by atoms with Gasteiger partial charge >= 0.3 is 12.4 Å². The van der Waals surface area contributed by atoms with E-state index in [1.807, 2.05) is 13.8 Å². The Kier molecular flexibility index (Phi) is 8.43. The van der Waals surface area contributed by atoms with Gasteiger partial charge in [0, 0.05) is 5.30 Å². The van der Waals surface area contributed by atoms with Crippen LogP contribution < -0.4 is 15.9 Å².